The van der Waals surface area contributed by atoms with E-state index in [2.05, 4.69) is 15.5 Å². The van der Waals surface area contributed by atoms with Crippen LogP contribution < -0.4 is 5.73 Å². The molecule has 2 unspecified atom stereocenters. The molecule has 3 rings (SSSR count). The Labute approximate surface area is 134 Å². The van der Waals surface area contributed by atoms with Crippen molar-refractivity contribution in [3.63, 3.8) is 0 Å². The van der Waals surface area contributed by atoms with Crippen LogP contribution in [-0.2, 0) is 16.6 Å². The Kier molecular flexibility index (Phi) is 3.70. The van der Waals surface area contributed by atoms with Crippen molar-refractivity contribution in [3.05, 3.63) is 17.1 Å². The highest BCUT2D eigenvalue weighted by molar-refractivity contribution is 8.00. The summed E-state index contributed by atoms with van der Waals surface area (Å²) >= 11 is 6.73. The normalized spacial score (nSPS) is 24.1. The summed E-state index contributed by atoms with van der Waals surface area (Å²) in [5, 5.41) is 20.1. The van der Waals surface area contributed by atoms with Gasteiger partial charge in [0.05, 0.1) is 4.86 Å². The topological polar surface area (TPSA) is 127 Å². The second-order valence-electron chi connectivity index (χ2n) is 4.92. The van der Waals surface area contributed by atoms with Gasteiger partial charge in [-0.05, 0) is 16.0 Å². The van der Waals surface area contributed by atoms with Crippen molar-refractivity contribution in [2.75, 3.05) is 5.75 Å². The van der Waals surface area contributed by atoms with Crippen LogP contribution in [0.4, 0.5) is 0 Å². The standard InChI is InChI=1S/C11H12N6O3S2/c1-16-8(13-14-15-16)5(21)2-4-3-22-10-6(12)9(18)17(10)7(4)11(19)20/h6,10H,2-3,12H2,1H3,(H,19,20). The van der Waals surface area contributed by atoms with Gasteiger partial charge in [0.15, 0.2) is 5.82 Å². The molecule has 0 saturated carbocycles. The molecule has 22 heavy (non-hydrogen) atoms. The van der Waals surface area contributed by atoms with Crippen LogP contribution in [0.25, 0.3) is 0 Å². The Morgan fingerprint density at radius 3 is 2.91 bits per heavy atom. The van der Waals surface area contributed by atoms with Crippen LogP contribution in [-0.4, -0.2) is 64.1 Å². The number of carbonyl (C=O) groups excluding carboxylic acids is 1. The van der Waals surface area contributed by atoms with Gasteiger partial charge in [-0.3, -0.25) is 9.69 Å². The summed E-state index contributed by atoms with van der Waals surface area (Å²) in [6.07, 6.45) is 0.212. The SMILES string of the molecule is Cn1nnnc1C(=S)CC1=C(C(=O)O)N2C(=O)C(N)C2SC1. The highest BCUT2D eigenvalue weighted by Crippen LogP contribution is 2.40. The number of rotatable bonds is 4. The fourth-order valence-electron chi connectivity index (χ4n) is 2.45. The van der Waals surface area contributed by atoms with Gasteiger partial charge in [-0.1, -0.05) is 12.2 Å². The van der Waals surface area contributed by atoms with Crippen LogP contribution in [0.1, 0.15) is 12.2 Å². The molecule has 0 aliphatic carbocycles. The third-order valence-corrected chi connectivity index (χ3v) is 5.22. The molecule has 0 spiro atoms. The summed E-state index contributed by atoms with van der Waals surface area (Å²) in [4.78, 5) is 25.1. The van der Waals surface area contributed by atoms with E-state index in [1.165, 1.54) is 21.3 Å². The van der Waals surface area contributed by atoms with Crippen LogP contribution in [0.2, 0.25) is 0 Å². The Hall–Kier alpha value is -1.85. The van der Waals surface area contributed by atoms with E-state index in [9.17, 15) is 14.7 Å². The fraction of sp³-hybridized carbons (Fsp3) is 0.455. The lowest BCUT2D eigenvalue weighted by Crippen LogP contribution is -2.68. The maximum atomic E-state index is 11.8. The molecule has 1 saturated heterocycles. The zero-order valence-corrected chi connectivity index (χ0v) is 13.1. The van der Waals surface area contributed by atoms with E-state index in [-0.39, 0.29) is 23.4 Å². The maximum absolute atomic E-state index is 11.8. The van der Waals surface area contributed by atoms with Crippen LogP contribution in [0.15, 0.2) is 11.3 Å². The number of aryl methyl sites for hydroxylation is 1. The third-order valence-electron chi connectivity index (χ3n) is 3.53. The number of tetrazole rings is 1. The molecule has 1 aromatic rings. The first-order valence-corrected chi connectivity index (χ1v) is 7.78. The van der Waals surface area contributed by atoms with Crippen molar-refractivity contribution in [2.24, 2.45) is 12.8 Å². The lowest BCUT2D eigenvalue weighted by atomic mass is 10.0. The molecule has 0 bridgehead atoms. The lowest BCUT2D eigenvalue weighted by Gasteiger charge is -2.48. The molecule has 3 heterocycles. The second kappa shape index (κ2) is 5.41. The van der Waals surface area contributed by atoms with Gasteiger partial charge in [-0.25, -0.2) is 9.48 Å². The summed E-state index contributed by atoms with van der Waals surface area (Å²) in [5.41, 5.74) is 6.25. The number of β-lactam (4-membered cyclic amide) rings is 1. The number of carboxylic acids is 1. The maximum Gasteiger partial charge on any atom is 0.352 e. The van der Waals surface area contributed by atoms with Crippen molar-refractivity contribution >= 4 is 40.7 Å². The van der Waals surface area contributed by atoms with Gasteiger partial charge in [0.1, 0.15) is 17.1 Å². The number of hydrogen-bond donors (Lipinski definition) is 2. The van der Waals surface area contributed by atoms with E-state index in [1.807, 2.05) is 0 Å². The summed E-state index contributed by atoms with van der Waals surface area (Å²) in [6.45, 7) is 0. The minimum Gasteiger partial charge on any atom is -0.477 e. The molecule has 2 aliphatic heterocycles. The Balaban J connectivity index is 1.91. The first kappa shape index (κ1) is 15.1. The van der Waals surface area contributed by atoms with Crippen LogP contribution in [0, 0.1) is 0 Å². The molecule has 1 amide bonds. The number of nitrogens with zero attached hydrogens (tertiary/aromatic N) is 5. The molecule has 3 N–H and O–H groups in total. The van der Waals surface area contributed by atoms with Gasteiger partial charge < -0.3 is 10.8 Å². The number of thioether (sulfide) groups is 1. The minimum atomic E-state index is -1.15. The molecular weight excluding hydrogens is 328 g/mol. The molecule has 11 heteroatoms. The Morgan fingerprint density at radius 1 is 1.59 bits per heavy atom. The number of fused-ring (bicyclic) bond motifs is 1. The van der Waals surface area contributed by atoms with Gasteiger partial charge in [-0.2, -0.15) is 0 Å². The predicted molar refractivity (Wildman–Crippen MR) is 80.8 cm³/mol. The average molecular weight is 340 g/mol. The monoisotopic (exact) mass is 340 g/mol. The zero-order valence-electron chi connectivity index (χ0n) is 11.5. The first-order valence-electron chi connectivity index (χ1n) is 6.33. The second-order valence-corrected chi connectivity index (χ2v) is 6.52. The smallest absolute Gasteiger partial charge is 0.352 e. The van der Waals surface area contributed by atoms with Gasteiger partial charge in [0.25, 0.3) is 0 Å². The van der Waals surface area contributed by atoms with Crippen LogP contribution in [0.3, 0.4) is 0 Å². The summed E-state index contributed by atoms with van der Waals surface area (Å²) in [6, 6.07) is -0.643. The number of nitrogens with two attached hydrogens (primary N) is 1. The molecule has 116 valence electrons. The molecule has 1 fully saturated rings. The number of carboxylic acid groups (broad SMARTS) is 1. The highest BCUT2D eigenvalue weighted by Gasteiger charge is 2.51. The van der Waals surface area contributed by atoms with E-state index >= 15 is 0 Å². The number of aromatic nitrogens is 4. The molecular formula is C11H12N6O3S2. The van der Waals surface area contributed by atoms with E-state index in [1.54, 1.807) is 7.05 Å². The zero-order chi connectivity index (χ0) is 16.0. The molecule has 1 aromatic heterocycles. The average Bonchev–Trinajstić information content (AvgIpc) is 2.91. The number of aliphatic carboxylic acids is 1. The van der Waals surface area contributed by atoms with Gasteiger partial charge in [0, 0.05) is 19.2 Å². The molecule has 0 aromatic carbocycles. The molecule has 0 radical (unpaired) electrons. The summed E-state index contributed by atoms with van der Waals surface area (Å²) in [5.74, 6) is -0.668. The highest BCUT2D eigenvalue weighted by atomic mass is 32.2. The van der Waals surface area contributed by atoms with Gasteiger partial charge >= 0.3 is 5.97 Å². The predicted octanol–water partition coefficient (Wildman–Crippen LogP) is -1.10. The van der Waals surface area contributed by atoms with Crippen molar-refractivity contribution in [1.82, 2.24) is 25.1 Å². The lowest BCUT2D eigenvalue weighted by molar-refractivity contribution is -0.147. The van der Waals surface area contributed by atoms with Crippen LogP contribution >= 0.6 is 24.0 Å². The Morgan fingerprint density at radius 2 is 2.32 bits per heavy atom. The fourth-order valence-corrected chi connectivity index (χ4v) is 4.09. The van der Waals surface area contributed by atoms with Gasteiger partial charge in [0.2, 0.25) is 5.91 Å². The number of carbonyl (C=O) groups is 2. The van der Waals surface area contributed by atoms with Crippen molar-refractivity contribution in [2.45, 2.75) is 17.8 Å². The molecule has 9 nitrogen and oxygen atoms in total. The van der Waals surface area contributed by atoms with E-state index in [0.29, 0.717) is 22.0 Å². The summed E-state index contributed by atoms with van der Waals surface area (Å²) < 4.78 is 1.42. The minimum absolute atomic E-state index is 0.0204. The number of thiocarbonyl (C=S) groups is 1. The van der Waals surface area contributed by atoms with Gasteiger partial charge in [-0.15, -0.1) is 16.9 Å². The van der Waals surface area contributed by atoms with Crippen LogP contribution in [0.5, 0.6) is 0 Å². The van der Waals surface area contributed by atoms with E-state index < -0.39 is 12.0 Å². The van der Waals surface area contributed by atoms with Crippen molar-refractivity contribution in [3.8, 4) is 0 Å². The first-order chi connectivity index (χ1) is 10.4. The van der Waals surface area contributed by atoms with E-state index in [0.717, 1.165) is 0 Å². The molecule has 2 atom stereocenters. The molecule has 2 aliphatic rings. The quantitative estimate of drug-likeness (QED) is 0.399. The largest absolute Gasteiger partial charge is 0.477 e. The number of hydrogen-bond acceptors (Lipinski definition) is 8. The number of amides is 1. The summed E-state index contributed by atoms with van der Waals surface area (Å²) in [7, 11) is 1.65. The van der Waals surface area contributed by atoms with Crippen molar-refractivity contribution < 1.29 is 14.7 Å². The Bertz CT molecular complexity index is 714. The van der Waals surface area contributed by atoms with Crippen molar-refractivity contribution in [1.29, 1.82) is 0 Å². The van der Waals surface area contributed by atoms with E-state index in [4.69, 9.17) is 18.0 Å². The third kappa shape index (κ3) is 2.21.